The molecule has 0 saturated heterocycles. The van der Waals surface area contributed by atoms with E-state index >= 15 is 0 Å². The summed E-state index contributed by atoms with van der Waals surface area (Å²) in [5.41, 5.74) is 6.38. The highest BCUT2D eigenvalue weighted by atomic mass is 16.5. The number of para-hydroxylation sites is 1. The number of methoxy groups -OCH3 is 2. The van der Waals surface area contributed by atoms with Crippen molar-refractivity contribution < 1.29 is 9.47 Å². The minimum Gasteiger partial charge on any atom is -0.493 e. The number of nitrogens with two attached hydrogens (primary N) is 1. The van der Waals surface area contributed by atoms with Gasteiger partial charge in [0.1, 0.15) is 0 Å². The van der Waals surface area contributed by atoms with Gasteiger partial charge in [0.15, 0.2) is 11.5 Å². The molecule has 2 aliphatic rings. The summed E-state index contributed by atoms with van der Waals surface area (Å²) in [6.45, 7) is 5.41. The van der Waals surface area contributed by atoms with Crippen LogP contribution in [0.15, 0.2) is 41.1 Å². The summed E-state index contributed by atoms with van der Waals surface area (Å²) in [6.07, 6.45) is 1.93. The minimum absolute atomic E-state index is 0.00497. The molecule has 7 heteroatoms. The van der Waals surface area contributed by atoms with Crippen LogP contribution >= 0.6 is 0 Å². The van der Waals surface area contributed by atoms with E-state index in [0.717, 1.165) is 5.56 Å². The summed E-state index contributed by atoms with van der Waals surface area (Å²) in [7, 11) is 3.11. The number of hydrogen-bond donors (Lipinski definition) is 1. The Morgan fingerprint density at radius 3 is 2.40 bits per heavy atom. The second-order valence-electron chi connectivity index (χ2n) is 7.79. The lowest BCUT2D eigenvalue weighted by atomic mass is 9.59. The maximum Gasteiger partial charge on any atom is 0.204 e. The zero-order valence-corrected chi connectivity index (χ0v) is 17.6. The molecule has 1 heterocycles. The van der Waals surface area contributed by atoms with Gasteiger partial charge in [0.25, 0.3) is 0 Å². The van der Waals surface area contributed by atoms with E-state index in [-0.39, 0.29) is 23.2 Å². The Bertz CT molecular complexity index is 1020. The molecule has 7 nitrogen and oxygen atoms in total. The van der Waals surface area contributed by atoms with E-state index < -0.39 is 11.3 Å². The number of fused-ring (bicyclic) bond motifs is 1. The van der Waals surface area contributed by atoms with Crippen molar-refractivity contribution in [1.29, 1.82) is 15.8 Å². The highest BCUT2D eigenvalue weighted by Gasteiger charge is 2.53. The van der Waals surface area contributed by atoms with Crippen LogP contribution in [0, 0.1) is 45.3 Å². The molecule has 3 rings (SSSR count). The van der Waals surface area contributed by atoms with E-state index in [1.54, 1.807) is 20.3 Å². The van der Waals surface area contributed by atoms with Gasteiger partial charge in [0.2, 0.25) is 5.41 Å². The van der Waals surface area contributed by atoms with Gasteiger partial charge in [-0.25, -0.2) is 0 Å². The molecule has 0 amide bonds. The van der Waals surface area contributed by atoms with Gasteiger partial charge in [0, 0.05) is 36.5 Å². The molecular weight excluding hydrogens is 378 g/mol. The van der Waals surface area contributed by atoms with Gasteiger partial charge < -0.3 is 15.2 Å². The smallest absolute Gasteiger partial charge is 0.204 e. The third-order valence-corrected chi connectivity index (χ3v) is 6.17. The zero-order valence-electron chi connectivity index (χ0n) is 17.6. The van der Waals surface area contributed by atoms with Crippen LogP contribution in [0.3, 0.4) is 0 Å². The number of nitrogens with zero attached hydrogens (tertiary/aromatic N) is 4. The number of benzene rings is 1. The zero-order chi connectivity index (χ0) is 22.1. The highest BCUT2D eigenvalue weighted by molar-refractivity contribution is 5.61. The van der Waals surface area contributed by atoms with Gasteiger partial charge in [-0.15, -0.1) is 0 Å². The summed E-state index contributed by atoms with van der Waals surface area (Å²) >= 11 is 0. The molecule has 0 saturated carbocycles. The van der Waals surface area contributed by atoms with Crippen molar-refractivity contribution in [3.05, 3.63) is 46.7 Å². The predicted molar refractivity (Wildman–Crippen MR) is 111 cm³/mol. The Kier molecular flexibility index (Phi) is 5.74. The normalized spacial score (nSPS) is 22.9. The molecule has 2 N–H and O–H groups in total. The second-order valence-corrected chi connectivity index (χ2v) is 7.79. The molecule has 0 unspecified atom stereocenters. The minimum atomic E-state index is -1.64. The Balaban J connectivity index is 2.35. The fourth-order valence-electron chi connectivity index (χ4n) is 4.59. The third kappa shape index (κ3) is 2.98. The van der Waals surface area contributed by atoms with Crippen LogP contribution < -0.4 is 15.2 Å². The quantitative estimate of drug-likeness (QED) is 0.768. The van der Waals surface area contributed by atoms with Crippen molar-refractivity contribution in [3.8, 4) is 29.7 Å². The van der Waals surface area contributed by atoms with Gasteiger partial charge in [-0.05, 0) is 25.5 Å². The van der Waals surface area contributed by atoms with E-state index in [0.29, 0.717) is 30.2 Å². The molecule has 0 bridgehead atoms. The van der Waals surface area contributed by atoms with E-state index in [1.165, 1.54) is 0 Å². The monoisotopic (exact) mass is 403 g/mol. The van der Waals surface area contributed by atoms with Crippen LogP contribution in [-0.4, -0.2) is 38.3 Å². The Labute approximate surface area is 177 Å². The molecule has 0 radical (unpaired) electrons. The molecule has 0 spiro atoms. The lowest BCUT2D eigenvalue weighted by Gasteiger charge is -2.46. The SMILES string of the molecule is COc1cccc([C@H]2C(C#N)=C(N)C(C#N)(C#N)C3=CCN(C(C)C)C[C@H]32)c1OC. The van der Waals surface area contributed by atoms with Crippen molar-refractivity contribution >= 4 is 0 Å². The Hall–Kier alpha value is -3.47. The van der Waals surface area contributed by atoms with Crippen LogP contribution in [0.4, 0.5) is 0 Å². The van der Waals surface area contributed by atoms with Gasteiger partial charge in [-0.1, -0.05) is 18.2 Å². The molecule has 30 heavy (non-hydrogen) atoms. The summed E-state index contributed by atoms with van der Waals surface area (Å²) < 4.78 is 11.1. The highest BCUT2D eigenvalue weighted by Crippen LogP contribution is 2.55. The molecule has 1 aromatic carbocycles. The Morgan fingerprint density at radius 1 is 1.17 bits per heavy atom. The first-order chi connectivity index (χ1) is 14.4. The van der Waals surface area contributed by atoms with Crippen molar-refractivity contribution in [2.45, 2.75) is 25.8 Å². The molecule has 2 atom stereocenters. The van der Waals surface area contributed by atoms with Crippen LogP contribution in [0.2, 0.25) is 0 Å². The second kappa shape index (κ2) is 8.11. The first-order valence-electron chi connectivity index (χ1n) is 9.78. The summed E-state index contributed by atoms with van der Waals surface area (Å²) in [4.78, 5) is 2.25. The van der Waals surface area contributed by atoms with Crippen molar-refractivity contribution in [2.24, 2.45) is 17.1 Å². The van der Waals surface area contributed by atoms with Crippen LogP contribution in [-0.2, 0) is 0 Å². The first kappa shape index (κ1) is 21.2. The number of ether oxygens (including phenoxy) is 2. The maximum atomic E-state index is 10.1. The average Bonchev–Trinajstić information content (AvgIpc) is 2.77. The fraction of sp³-hybridized carbons (Fsp3) is 0.435. The number of allylic oxidation sites excluding steroid dienone is 2. The van der Waals surface area contributed by atoms with E-state index in [1.807, 2.05) is 18.2 Å². The molecule has 1 aromatic rings. The van der Waals surface area contributed by atoms with Gasteiger partial charge in [-0.2, -0.15) is 15.8 Å². The van der Waals surface area contributed by atoms with Crippen molar-refractivity contribution in [1.82, 2.24) is 4.90 Å². The van der Waals surface area contributed by atoms with Gasteiger partial charge in [0.05, 0.1) is 43.7 Å². The van der Waals surface area contributed by atoms with E-state index in [4.69, 9.17) is 15.2 Å². The van der Waals surface area contributed by atoms with E-state index in [2.05, 4.69) is 37.0 Å². The average molecular weight is 403 g/mol. The van der Waals surface area contributed by atoms with Crippen LogP contribution in [0.1, 0.15) is 25.3 Å². The van der Waals surface area contributed by atoms with E-state index in [9.17, 15) is 15.8 Å². The summed E-state index contributed by atoms with van der Waals surface area (Å²) in [6, 6.07) is 12.2. The fourth-order valence-corrected chi connectivity index (χ4v) is 4.59. The number of nitriles is 3. The number of rotatable bonds is 4. The topological polar surface area (TPSA) is 119 Å². The lowest BCUT2D eigenvalue weighted by Crippen LogP contribution is -2.48. The molecule has 1 aliphatic carbocycles. The first-order valence-corrected chi connectivity index (χ1v) is 9.78. The van der Waals surface area contributed by atoms with Crippen molar-refractivity contribution in [2.75, 3.05) is 27.3 Å². The standard InChI is InChI=1S/C23H25N5O2/c1-14(2)28-9-8-18-17(11-28)20(15-6-5-7-19(29-3)21(15)30-4)16(10-24)22(27)23(18,12-25)13-26/h5-8,14,17,20H,9,11,27H2,1-4H3/t17-,20+/m1/s1. The van der Waals surface area contributed by atoms with Crippen LogP contribution in [0.5, 0.6) is 11.5 Å². The maximum absolute atomic E-state index is 10.1. The van der Waals surface area contributed by atoms with Gasteiger partial charge >= 0.3 is 0 Å². The third-order valence-electron chi connectivity index (χ3n) is 6.17. The Morgan fingerprint density at radius 2 is 1.87 bits per heavy atom. The largest absolute Gasteiger partial charge is 0.493 e. The predicted octanol–water partition coefficient (Wildman–Crippen LogP) is 2.84. The number of hydrogen-bond acceptors (Lipinski definition) is 7. The molecule has 0 aromatic heterocycles. The molecule has 1 aliphatic heterocycles. The van der Waals surface area contributed by atoms with Crippen LogP contribution in [0.25, 0.3) is 0 Å². The summed E-state index contributed by atoms with van der Waals surface area (Å²) in [5.74, 6) is 0.337. The molecule has 154 valence electrons. The molecule has 0 fully saturated rings. The molecular formula is C23H25N5O2. The lowest BCUT2D eigenvalue weighted by molar-refractivity contribution is 0.185. The van der Waals surface area contributed by atoms with Gasteiger partial charge in [-0.3, -0.25) is 4.90 Å². The summed E-state index contributed by atoms with van der Waals surface area (Å²) in [5, 5.41) is 30.0. The van der Waals surface area contributed by atoms with Crippen molar-refractivity contribution in [3.63, 3.8) is 0 Å².